The Morgan fingerprint density at radius 3 is 1.20 bits per heavy atom. The maximum Gasteiger partial charge on any atom is 0.302 e. The van der Waals surface area contributed by atoms with Gasteiger partial charge in [-0.2, -0.15) is 0 Å². The van der Waals surface area contributed by atoms with Crippen LogP contribution in [0.25, 0.3) is 0 Å². The van der Waals surface area contributed by atoms with Gasteiger partial charge in [-0.1, -0.05) is 7.43 Å². The standard InChI is InChI=1S/C3H6O2.C3H6O.CH4/c1-3(4)5-2;1-3(2)4;/h1-2H3;1-2H3;1H4. The van der Waals surface area contributed by atoms with Crippen molar-refractivity contribution < 1.29 is 14.3 Å². The fraction of sp³-hybridized carbons (Fsp3) is 0.714. The van der Waals surface area contributed by atoms with Crippen molar-refractivity contribution in [2.75, 3.05) is 7.11 Å². The maximum atomic E-state index is 9.59. The number of ether oxygens (including phenoxy) is 1. The Hall–Kier alpha value is -0.860. The van der Waals surface area contributed by atoms with Gasteiger partial charge in [0.15, 0.2) is 0 Å². The van der Waals surface area contributed by atoms with E-state index in [9.17, 15) is 9.59 Å². The summed E-state index contributed by atoms with van der Waals surface area (Å²) < 4.78 is 4.11. The number of esters is 1. The van der Waals surface area contributed by atoms with Crippen LogP contribution < -0.4 is 0 Å². The van der Waals surface area contributed by atoms with E-state index in [4.69, 9.17) is 0 Å². The first-order valence-corrected chi connectivity index (χ1v) is 2.52. The summed E-state index contributed by atoms with van der Waals surface area (Å²) in [7, 11) is 1.35. The second-order valence-electron chi connectivity index (χ2n) is 1.60. The first kappa shape index (κ1) is 16.1. The zero-order valence-electron chi connectivity index (χ0n) is 6.22. The summed E-state index contributed by atoms with van der Waals surface area (Å²) in [4.78, 5) is 19.0. The Morgan fingerprint density at radius 2 is 1.20 bits per heavy atom. The second kappa shape index (κ2) is 11.0. The minimum atomic E-state index is -0.245. The van der Waals surface area contributed by atoms with Crippen LogP contribution in [0.2, 0.25) is 0 Å². The van der Waals surface area contributed by atoms with Crippen LogP contribution in [0.5, 0.6) is 0 Å². The van der Waals surface area contributed by atoms with Crippen molar-refractivity contribution in [2.45, 2.75) is 28.2 Å². The van der Waals surface area contributed by atoms with Crippen LogP contribution >= 0.6 is 0 Å². The van der Waals surface area contributed by atoms with Crippen LogP contribution in [0.1, 0.15) is 28.2 Å². The van der Waals surface area contributed by atoms with E-state index in [1.165, 1.54) is 27.9 Å². The van der Waals surface area contributed by atoms with Gasteiger partial charge < -0.3 is 9.53 Å². The summed E-state index contributed by atoms with van der Waals surface area (Å²) in [6, 6.07) is 0. The molecule has 0 aliphatic carbocycles. The van der Waals surface area contributed by atoms with Gasteiger partial charge in [-0.05, 0) is 13.8 Å². The molecule has 0 rings (SSSR count). The molecule has 0 aromatic heterocycles. The number of ketones is 1. The van der Waals surface area contributed by atoms with Crippen molar-refractivity contribution in [3.05, 3.63) is 0 Å². The van der Waals surface area contributed by atoms with Gasteiger partial charge in [0.25, 0.3) is 0 Å². The zero-order valence-corrected chi connectivity index (χ0v) is 6.22. The second-order valence-corrected chi connectivity index (χ2v) is 1.60. The van der Waals surface area contributed by atoms with Gasteiger partial charge in [-0.3, -0.25) is 4.79 Å². The van der Waals surface area contributed by atoms with Crippen molar-refractivity contribution in [1.29, 1.82) is 0 Å². The number of carbonyl (C=O) groups is 2. The Labute approximate surface area is 62.4 Å². The van der Waals surface area contributed by atoms with Crippen LogP contribution in [0.3, 0.4) is 0 Å². The number of hydrogen-bond acceptors (Lipinski definition) is 3. The highest BCUT2D eigenvalue weighted by atomic mass is 16.5. The van der Waals surface area contributed by atoms with Gasteiger partial charge in [0.05, 0.1) is 7.11 Å². The van der Waals surface area contributed by atoms with E-state index < -0.39 is 0 Å². The highest BCUT2D eigenvalue weighted by Gasteiger charge is 1.75. The molecule has 3 heteroatoms. The third-order valence-electron chi connectivity index (χ3n) is 0.287. The minimum Gasteiger partial charge on any atom is -0.469 e. The Kier molecular flexibility index (Phi) is 17.7. The van der Waals surface area contributed by atoms with E-state index in [1.807, 2.05) is 0 Å². The molecule has 0 aromatic rings. The Bertz CT molecular complexity index is 93.0. The van der Waals surface area contributed by atoms with Gasteiger partial charge in [-0.15, -0.1) is 0 Å². The van der Waals surface area contributed by atoms with E-state index >= 15 is 0 Å². The highest BCUT2D eigenvalue weighted by molar-refractivity contribution is 5.72. The summed E-state index contributed by atoms with van der Waals surface area (Å²) in [6.07, 6.45) is 0. The molecule has 0 fully saturated rings. The SMILES string of the molecule is C.CC(C)=O.COC(C)=O. The number of Topliss-reactive ketones (excluding diaryl/α,β-unsaturated/α-hetero) is 1. The van der Waals surface area contributed by atoms with E-state index in [0.717, 1.165) is 0 Å². The van der Waals surface area contributed by atoms with Gasteiger partial charge in [-0.25, -0.2) is 0 Å². The first-order chi connectivity index (χ1) is 4.00. The van der Waals surface area contributed by atoms with Gasteiger partial charge >= 0.3 is 5.97 Å². The molecule has 3 nitrogen and oxygen atoms in total. The summed E-state index contributed by atoms with van der Waals surface area (Å²) in [5, 5.41) is 0. The molecule has 0 saturated carbocycles. The summed E-state index contributed by atoms with van der Waals surface area (Å²) in [5.41, 5.74) is 0. The van der Waals surface area contributed by atoms with Crippen molar-refractivity contribution in [1.82, 2.24) is 0 Å². The summed E-state index contributed by atoms with van der Waals surface area (Å²) >= 11 is 0. The van der Waals surface area contributed by atoms with Crippen LogP contribution in [-0.4, -0.2) is 18.9 Å². The van der Waals surface area contributed by atoms with Crippen molar-refractivity contribution in [3.63, 3.8) is 0 Å². The maximum absolute atomic E-state index is 9.59. The third-order valence-corrected chi connectivity index (χ3v) is 0.287. The van der Waals surface area contributed by atoms with Crippen LogP contribution in [0, 0.1) is 0 Å². The number of rotatable bonds is 0. The molecular formula is C7H16O3. The lowest BCUT2D eigenvalue weighted by Gasteiger charge is -1.80. The average Bonchev–Trinajstić information content (AvgIpc) is 1.65. The van der Waals surface area contributed by atoms with Gasteiger partial charge in [0.1, 0.15) is 5.78 Å². The van der Waals surface area contributed by atoms with E-state index in [1.54, 1.807) is 0 Å². The van der Waals surface area contributed by atoms with Crippen molar-refractivity contribution in [2.24, 2.45) is 0 Å². The van der Waals surface area contributed by atoms with Gasteiger partial charge in [0.2, 0.25) is 0 Å². The molecule has 0 bridgehead atoms. The number of carbonyl (C=O) groups excluding carboxylic acids is 2. The van der Waals surface area contributed by atoms with Gasteiger partial charge in [0, 0.05) is 6.92 Å². The lowest BCUT2D eigenvalue weighted by atomic mass is 10.6. The molecule has 0 aromatic carbocycles. The molecule has 0 heterocycles. The van der Waals surface area contributed by atoms with E-state index in [-0.39, 0.29) is 19.2 Å². The molecule has 0 spiro atoms. The van der Waals surface area contributed by atoms with Crippen LogP contribution in [-0.2, 0) is 14.3 Å². The normalized spacial score (nSPS) is 6.00. The van der Waals surface area contributed by atoms with Crippen LogP contribution in [0.15, 0.2) is 0 Å². The third kappa shape index (κ3) is 207. The topological polar surface area (TPSA) is 43.4 Å². The molecule has 0 unspecified atom stereocenters. The lowest BCUT2D eigenvalue weighted by Crippen LogP contribution is -1.88. The Balaban J connectivity index is -0.0000000910. The Morgan fingerprint density at radius 1 is 1.10 bits per heavy atom. The lowest BCUT2D eigenvalue weighted by molar-refractivity contribution is -0.137. The molecule has 0 aliphatic heterocycles. The van der Waals surface area contributed by atoms with Crippen molar-refractivity contribution >= 4 is 11.8 Å². The average molecular weight is 148 g/mol. The fourth-order valence-corrected chi connectivity index (χ4v) is 0. The quantitative estimate of drug-likeness (QED) is 0.488. The molecule has 0 atom stereocenters. The fourth-order valence-electron chi connectivity index (χ4n) is 0. The van der Waals surface area contributed by atoms with Crippen molar-refractivity contribution in [3.8, 4) is 0 Å². The predicted molar refractivity (Wildman–Crippen MR) is 40.8 cm³/mol. The molecule has 0 aliphatic rings. The van der Waals surface area contributed by atoms with E-state index in [2.05, 4.69) is 4.74 Å². The smallest absolute Gasteiger partial charge is 0.302 e. The molecule has 10 heavy (non-hydrogen) atoms. The number of hydrogen-bond donors (Lipinski definition) is 0. The minimum absolute atomic E-state index is 0. The predicted octanol–water partition coefficient (Wildman–Crippen LogP) is 1.41. The monoisotopic (exact) mass is 148 g/mol. The summed E-state index contributed by atoms with van der Waals surface area (Å²) in [6.45, 7) is 4.42. The molecule has 0 radical (unpaired) electrons. The molecule has 62 valence electrons. The molecule has 0 amide bonds. The highest BCUT2D eigenvalue weighted by Crippen LogP contribution is 1.60. The van der Waals surface area contributed by atoms with E-state index in [0.29, 0.717) is 0 Å². The summed E-state index contributed by atoms with van der Waals surface area (Å²) in [5.74, 6) is -0.0787. The largest absolute Gasteiger partial charge is 0.469 e. The van der Waals surface area contributed by atoms with Crippen LogP contribution in [0.4, 0.5) is 0 Å². The first-order valence-electron chi connectivity index (χ1n) is 2.52. The zero-order chi connectivity index (χ0) is 7.86. The number of methoxy groups -OCH3 is 1. The molecule has 0 saturated heterocycles. The molecule has 0 N–H and O–H groups in total. The molecular weight excluding hydrogens is 132 g/mol.